The molecular formula is C7H10NOPS. The summed E-state index contributed by atoms with van der Waals surface area (Å²) < 4.78 is 13.5. The summed E-state index contributed by atoms with van der Waals surface area (Å²) in [5.74, 6) is 4.28. The zero-order valence-electron chi connectivity index (χ0n) is 6.52. The maximum atomic E-state index is 11.8. The van der Waals surface area contributed by atoms with Gasteiger partial charge < -0.3 is 0 Å². The van der Waals surface area contributed by atoms with Crippen molar-refractivity contribution in [3.63, 3.8) is 0 Å². The predicted molar refractivity (Wildman–Crippen MR) is 50.6 cm³/mol. The van der Waals surface area contributed by atoms with Gasteiger partial charge in [-0.15, -0.1) is 6.42 Å². The summed E-state index contributed by atoms with van der Waals surface area (Å²) in [6, 6.07) is 0. The summed E-state index contributed by atoms with van der Waals surface area (Å²) in [4.78, 5) is 0. The summed E-state index contributed by atoms with van der Waals surface area (Å²) in [6.07, 6.45) is 7.02. The van der Waals surface area contributed by atoms with Crippen molar-refractivity contribution in [1.29, 1.82) is 0 Å². The molecule has 0 amide bonds. The van der Waals surface area contributed by atoms with Crippen molar-refractivity contribution in [1.82, 2.24) is 4.67 Å². The number of rotatable bonds is 1. The number of nitrogens with zero attached hydrogens (tertiary/aromatic N) is 1. The van der Waals surface area contributed by atoms with Crippen LogP contribution in [0.4, 0.5) is 0 Å². The highest BCUT2D eigenvalue weighted by molar-refractivity contribution is 8.59. The number of hydrogen-bond donors (Lipinski definition) is 0. The highest BCUT2D eigenvalue weighted by atomic mass is 32.7. The minimum atomic E-state index is -2.29. The van der Waals surface area contributed by atoms with Crippen LogP contribution in [0.1, 0.15) is 0 Å². The monoisotopic (exact) mass is 187 g/mol. The molecule has 0 aromatic carbocycles. The topological polar surface area (TPSA) is 20.3 Å². The summed E-state index contributed by atoms with van der Waals surface area (Å²) in [5, 5.41) is -0.0109. The highest BCUT2D eigenvalue weighted by Gasteiger charge is 2.30. The number of hydrogen-bond acceptors (Lipinski definition) is 2. The van der Waals surface area contributed by atoms with E-state index in [4.69, 9.17) is 6.42 Å². The minimum absolute atomic E-state index is 0.0109. The predicted octanol–water partition coefficient (Wildman–Crippen LogP) is 2.00. The third-order valence-electron chi connectivity index (χ3n) is 1.44. The molecule has 0 fully saturated rings. The third-order valence-corrected chi connectivity index (χ3v) is 6.85. The van der Waals surface area contributed by atoms with E-state index < -0.39 is 6.49 Å². The van der Waals surface area contributed by atoms with Gasteiger partial charge in [0.05, 0.1) is 5.25 Å². The Labute approximate surface area is 71.2 Å². The molecule has 2 nitrogen and oxygen atoms in total. The van der Waals surface area contributed by atoms with E-state index in [9.17, 15) is 4.57 Å². The number of terminal acetylenes is 1. The highest BCUT2D eigenvalue weighted by Crippen LogP contribution is 2.66. The van der Waals surface area contributed by atoms with Gasteiger partial charge >= 0.3 is 0 Å². The van der Waals surface area contributed by atoms with E-state index in [1.165, 1.54) is 11.4 Å². The smallest absolute Gasteiger partial charge is 0.225 e. The Kier molecular flexibility index (Phi) is 2.49. The molecule has 0 radical (unpaired) electrons. The molecule has 0 aromatic heterocycles. The molecule has 0 bridgehead atoms. The van der Waals surface area contributed by atoms with E-state index in [0.717, 1.165) is 0 Å². The molecule has 1 rings (SSSR count). The molecule has 1 aliphatic rings. The molecule has 0 saturated carbocycles. The van der Waals surface area contributed by atoms with Crippen LogP contribution < -0.4 is 0 Å². The van der Waals surface area contributed by atoms with Crippen LogP contribution >= 0.6 is 17.9 Å². The SMILES string of the molecule is C#CC1C=CP(=O)(N(C)C)S1. The van der Waals surface area contributed by atoms with E-state index in [1.807, 2.05) is 6.08 Å². The van der Waals surface area contributed by atoms with Gasteiger partial charge in [-0.3, -0.25) is 4.57 Å². The lowest BCUT2D eigenvalue weighted by Gasteiger charge is -2.16. The van der Waals surface area contributed by atoms with Crippen molar-refractivity contribution in [2.75, 3.05) is 14.1 Å². The normalized spacial score (nSPS) is 36.0. The molecule has 0 saturated heterocycles. The Morgan fingerprint density at radius 3 is 2.64 bits per heavy atom. The average Bonchev–Trinajstić information content (AvgIpc) is 2.33. The fourth-order valence-electron chi connectivity index (χ4n) is 0.734. The second-order valence-electron chi connectivity index (χ2n) is 2.45. The van der Waals surface area contributed by atoms with Gasteiger partial charge in [0, 0.05) is 0 Å². The Bertz CT molecular complexity index is 266. The van der Waals surface area contributed by atoms with Crippen molar-refractivity contribution >= 4 is 17.9 Å². The van der Waals surface area contributed by atoms with E-state index in [0.29, 0.717) is 0 Å². The fourth-order valence-corrected chi connectivity index (χ4v) is 4.66. The van der Waals surface area contributed by atoms with Gasteiger partial charge in [-0.1, -0.05) is 23.4 Å². The van der Waals surface area contributed by atoms with Crippen LogP contribution in [0.5, 0.6) is 0 Å². The maximum absolute atomic E-state index is 11.8. The second-order valence-corrected chi connectivity index (χ2v) is 7.59. The zero-order valence-corrected chi connectivity index (χ0v) is 8.23. The van der Waals surface area contributed by atoms with E-state index in [1.54, 1.807) is 24.6 Å². The minimum Gasteiger partial charge on any atom is -0.290 e. The molecule has 4 heteroatoms. The Hall–Kier alpha value is -0.160. The van der Waals surface area contributed by atoms with Gasteiger partial charge in [-0.05, 0) is 19.9 Å². The molecule has 0 spiro atoms. The summed E-state index contributed by atoms with van der Waals surface area (Å²) in [6.45, 7) is -2.29. The van der Waals surface area contributed by atoms with Crippen LogP contribution in [0.2, 0.25) is 0 Å². The van der Waals surface area contributed by atoms with E-state index in [2.05, 4.69) is 5.92 Å². The van der Waals surface area contributed by atoms with Crippen LogP contribution in [-0.2, 0) is 4.57 Å². The van der Waals surface area contributed by atoms with Crippen LogP contribution in [0.3, 0.4) is 0 Å². The first-order chi connectivity index (χ1) is 5.08. The summed E-state index contributed by atoms with van der Waals surface area (Å²) >= 11 is 1.36. The molecule has 2 unspecified atom stereocenters. The van der Waals surface area contributed by atoms with Gasteiger partial charge in [0.25, 0.3) is 0 Å². The van der Waals surface area contributed by atoms with Gasteiger partial charge in [0.15, 0.2) is 0 Å². The first kappa shape index (κ1) is 8.93. The molecule has 1 aliphatic heterocycles. The molecule has 0 aliphatic carbocycles. The molecule has 11 heavy (non-hydrogen) atoms. The first-order valence-electron chi connectivity index (χ1n) is 3.20. The average molecular weight is 187 g/mol. The van der Waals surface area contributed by atoms with Crippen molar-refractivity contribution in [2.45, 2.75) is 5.25 Å². The van der Waals surface area contributed by atoms with E-state index >= 15 is 0 Å². The Morgan fingerprint density at radius 2 is 2.36 bits per heavy atom. The van der Waals surface area contributed by atoms with Crippen molar-refractivity contribution in [2.24, 2.45) is 0 Å². The Morgan fingerprint density at radius 1 is 1.73 bits per heavy atom. The van der Waals surface area contributed by atoms with Gasteiger partial charge in [0.1, 0.15) is 0 Å². The molecule has 1 heterocycles. The molecular weight excluding hydrogens is 177 g/mol. The lowest BCUT2D eigenvalue weighted by Crippen LogP contribution is -2.03. The van der Waals surface area contributed by atoms with Crippen molar-refractivity contribution in [3.05, 3.63) is 11.9 Å². The van der Waals surface area contributed by atoms with Gasteiger partial charge in [-0.2, -0.15) is 0 Å². The Balaban J connectivity index is 2.78. The van der Waals surface area contributed by atoms with Gasteiger partial charge in [0.2, 0.25) is 6.49 Å². The first-order valence-corrected chi connectivity index (χ1v) is 6.41. The van der Waals surface area contributed by atoms with Gasteiger partial charge in [-0.25, -0.2) is 4.67 Å². The van der Waals surface area contributed by atoms with Crippen LogP contribution in [-0.4, -0.2) is 24.0 Å². The zero-order chi connectivity index (χ0) is 8.48. The third kappa shape index (κ3) is 1.70. The van der Waals surface area contributed by atoms with Crippen LogP contribution in [0.25, 0.3) is 0 Å². The summed E-state index contributed by atoms with van der Waals surface area (Å²) in [5.41, 5.74) is 0. The lowest BCUT2D eigenvalue weighted by atomic mass is 10.4. The quantitative estimate of drug-likeness (QED) is 0.462. The van der Waals surface area contributed by atoms with Crippen LogP contribution in [0, 0.1) is 12.3 Å². The molecule has 2 atom stereocenters. The molecule has 60 valence electrons. The second kappa shape index (κ2) is 3.06. The largest absolute Gasteiger partial charge is 0.290 e. The lowest BCUT2D eigenvalue weighted by molar-refractivity contribution is 0.538. The van der Waals surface area contributed by atoms with E-state index in [-0.39, 0.29) is 5.25 Å². The molecule has 0 aromatic rings. The maximum Gasteiger partial charge on any atom is 0.225 e. The summed E-state index contributed by atoms with van der Waals surface area (Å²) in [7, 11) is 3.61. The van der Waals surface area contributed by atoms with Crippen molar-refractivity contribution < 1.29 is 4.57 Å². The van der Waals surface area contributed by atoms with Crippen molar-refractivity contribution in [3.8, 4) is 12.3 Å². The standard InChI is InChI=1S/C7H10NOPS/c1-4-7-5-6-10(9,11-7)8(2)3/h1,5-7H,2-3H3. The molecule has 0 N–H and O–H groups in total. The fraction of sp³-hybridized carbons (Fsp3) is 0.429. The van der Waals surface area contributed by atoms with Crippen LogP contribution in [0.15, 0.2) is 11.9 Å².